The van der Waals surface area contributed by atoms with Crippen molar-refractivity contribution in [3.8, 4) is 29.0 Å². The van der Waals surface area contributed by atoms with Crippen LogP contribution in [0.2, 0.25) is 0 Å². The van der Waals surface area contributed by atoms with Crippen molar-refractivity contribution in [2.75, 3.05) is 0 Å². The first-order valence-electron chi connectivity index (χ1n) is 16.3. The lowest BCUT2D eigenvalue weighted by Crippen LogP contribution is -2.75. The van der Waals surface area contributed by atoms with Crippen molar-refractivity contribution in [3.63, 3.8) is 0 Å². The van der Waals surface area contributed by atoms with Gasteiger partial charge in [0.05, 0.1) is 40.9 Å². The van der Waals surface area contributed by atoms with E-state index in [2.05, 4.69) is 149 Å². The third-order valence-electron chi connectivity index (χ3n) is 9.60. The van der Waals surface area contributed by atoms with Crippen LogP contribution in [0, 0.1) is 29.2 Å². The minimum atomic E-state index is -2.98. The van der Waals surface area contributed by atoms with Gasteiger partial charge in [0.25, 0.3) is 0 Å². The van der Waals surface area contributed by atoms with E-state index in [1.807, 2.05) is 42.5 Å². The molecule has 0 radical (unpaired) electrons. The fourth-order valence-electron chi connectivity index (χ4n) is 7.45. The van der Waals surface area contributed by atoms with Crippen LogP contribution >= 0.6 is 0 Å². The zero-order chi connectivity index (χ0) is 34.1. The van der Waals surface area contributed by atoms with Crippen LogP contribution in [0.1, 0.15) is 11.1 Å². The van der Waals surface area contributed by atoms with Crippen molar-refractivity contribution in [2.24, 2.45) is 0 Å². The van der Waals surface area contributed by atoms with Gasteiger partial charge in [-0.25, -0.2) is 4.85 Å². The third kappa shape index (κ3) is 4.88. The molecule has 7 aromatic carbocycles. The molecule has 4 nitrogen and oxygen atoms in total. The van der Waals surface area contributed by atoms with Crippen molar-refractivity contribution < 1.29 is 0 Å². The molecular formula is C45H28N4Si. The monoisotopic (exact) mass is 652 g/mol. The van der Waals surface area contributed by atoms with Crippen LogP contribution in [-0.4, -0.2) is 12.6 Å². The summed E-state index contributed by atoms with van der Waals surface area (Å²) in [7, 11) is -2.98. The van der Waals surface area contributed by atoms with Gasteiger partial charge in [0.1, 0.15) is 0 Å². The summed E-state index contributed by atoms with van der Waals surface area (Å²) in [4.78, 5) is 3.68. The molecule has 0 saturated heterocycles. The van der Waals surface area contributed by atoms with E-state index in [0.717, 1.165) is 43.8 Å². The van der Waals surface area contributed by atoms with Crippen molar-refractivity contribution >= 4 is 56.3 Å². The molecule has 1 heterocycles. The van der Waals surface area contributed by atoms with Crippen LogP contribution < -0.4 is 20.7 Å². The van der Waals surface area contributed by atoms with Gasteiger partial charge in [0, 0.05) is 11.1 Å². The lowest BCUT2D eigenvalue weighted by molar-refractivity contribution is 1.18. The molecular weight excluding hydrogens is 625 g/mol. The first-order valence-corrected chi connectivity index (χ1v) is 18.3. The molecule has 232 valence electrons. The summed E-state index contributed by atoms with van der Waals surface area (Å²) >= 11 is 0. The first kappa shape index (κ1) is 30.4. The van der Waals surface area contributed by atoms with Gasteiger partial charge in [0.2, 0.25) is 0 Å². The Labute approximate surface area is 291 Å². The Morgan fingerprint density at radius 1 is 0.520 bits per heavy atom. The molecule has 1 aromatic heterocycles. The van der Waals surface area contributed by atoms with Gasteiger partial charge in [-0.1, -0.05) is 115 Å². The summed E-state index contributed by atoms with van der Waals surface area (Å²) in [5.41, 5.74) is 6.72. The van der Waals surface area contributed by atoms with Crippen molar-refractivity contribution in [3.05, 3.63) is 192 Å². The minimum Gasteiger partial charge on any atom is -0.309 e. The zero-order valence-electron chi connectivity index (χ0n) is 27.0. The molecule has 0 aliphatic heterocycles. The quantitative estimate of drug-likeness (QED) is 0.104. The Hall–Kier alpha value is -6.97. The van der Waals surface area contributed by atoms with E-state index in [0.29, 0.717) is 16.8 Å². The van der Waals surface area contributed by atoms with E-state index in [1.165, 1.54) is 15.6 Å². The summed E-state index contributed by atoms with van der Waals surface area (Å²) in [6, 6.07) is 63.1. The van der Waals surface area contributed by atoms with Crippen molar-refractivity contribution in [1.82, 2.24) is 4.57 Å². The van der Waals surface area contributed by atoms with E-state index in [1.54, 1.807) is 0 Å². The standard InChI is InChI=1S/C45H28N4Si/c1-48-35-22-25-44-42(29-35)41-26-32(30-46)21-24-43(41)49(44)36-13-11-12-34(28-36)40-23-20-33(31-47)27-45(40)50(37-14-5-2-6-15-37,38-16-7-3-8-17-38)39-18-9-4-10-19-39/h2-29H. The smallest absolute Gasteiger partial charge is 0.188 e. The number of hydrogen-bond donors (Lipinski definition) is 0. The van der Waals surface area contributed by atoms with E-state index < -0.39 is 8.07 Å². The molecule has 0 aliphatic rings. The molecule has 0 amide bonds. The number of aromatic nitrogens is 1. The molecule has 5 heteroatoms. The van der Waals surface area contributed by atoms with Gasteiger partial charge in [-0.3, -0.25) is 0 Å². The number of nitriles is 2. The van der Waals surface area contributed by atoms with Crippen LogP contribution in [-0.2, 0) is 0 Å². The van der Waals surface area contributed by atoms with Gasteiger partial charge in [-0.05, 0) is 91.9 Å². The second-order valence-corrected chi connectivity index (χ2v) is 16.0. The predicted molar refractivity (Wildman–Crippen MR) is 206 cm³/mol. The molecule has 0 spiro atoms. The van der Waals surface area contributed by atoms with E-state index >= 15 is 0 Å². The zero-order valence-corrected chi connectivity index (χ0v) is 28.0. The first-order chi connectivity index (χ1) is 24.6. The molecule has 8 aromatic rings. The Morgan fingerprint density at radius 3 is 1.64 bits per heavy atom. The van der Waals surface area contributed by atoms with Gasteiger partial charge in [-0.15, -0.1) is 0 Å². The summed E-state index contributed by atoms with van der Waals surface area (Å²) in [5.74, 6) is 0. The Morgan fingerprint density at radius 2 is 1.06 bits per heavy atom. The fourth-order valence-corrected chi connectivity index (χ4v) is 12.5. The average Bonchev–Trinajstić information content (AvgIpc) is 3.52. The number of fused-ring (bicyclic) bond motifs is 3. The molecule has 0 N–H and O–H groups in total. The minimum absolute atomic E-state index is 0.555. The summed E-state index contributed by atoms with van der Waals surface area (Å²) in [6.07, 6.45) is 0. The van der Waals surface area contributed by atoms with Crippen molar-refractivity contribution in [2.45, 2.75) is 0 Å². The number of benzene rings is 7. The van der Waals surface area contributed by atoms with Crippen LogP contribution in [0.5, 0.6) is 0 Å². The van der Waals surface area contributed by atoms with E-state index in [-0.39, 0.29) is 0 Å². The van der Waals surface area contributed by atoms with Crippen molar-refractivity contribution in [1.29, 1.82) is 10.5 Å². The Kier molecular flexibility index (Phi) is 7.63. The number of hydrogen-bond acceptors (Lipinski definition) is 2. The number of rotatable bonds is 6. The number of nitrogens with zero attached hydrogens (tertiary/aromatic N) is 4. The maximum Gasteiger partial charge on any atom is 0.188 e. The average molecular weight is 653 g/mol. The molecule has 0 fully saturated rings. The molecule has 0 saturated carbocycles. The second kappa shape index (κ2) is 12.6. The highest BCUT2D eigenvalue weighted by Gasteiger charge is 2.43. The van der Waals surface area contributed by atoms with Gasteiger partial charge >= 0.3 is 0 Å². The molecule has 8 rings (SSSR count). The summed E-state index contributed by atoms with van der Waals surface area (Å²) in [6.45, 7) is 7.63. The topological polar surface area (TPSA) is 56.9 Å². The van der Waals surface area contributed by atoms with E-state index in [9.17, 15) is 10.5 Å². The third-order valence-corrected chi connectivity index (χ3v) is 14.4. The van der Waals surface area contributed by atoms with Crippen LogP contribution in [0.25, 0.3) is 43.5 Å². The SMILES string of the molecule is [C-]#[N+]c1ccc2c(c1)c1cc(C#N)ccc1n2-c1cccc(-c2ccc(C#N)cc2[Si](c2ccccc2)(c2ccccc2)c2ccccc2)c1. The lowest BCUT2D eigenvalue weighted by atomic mass is 10.0. The maximum atomic E-state index is 10.3. The largest absolute Gasteiger partial charge is 0.309 e. The molecule has 0 unspecified atom stereocenters. The molecule has 0 bridgehead atoms. The fraction of sp³-hybridized carbons (Fsp3) is 0. The molecule has 0 atom stereocenters. The highest BCUT2D eigenvalue weighted by molar-refractivity contribution is 7.20. The van der Waals surface area contributed by atoms with Gasteiger partial charge in [-0.2, -0.15) is 10.5 Å². The summed E-state index contributed by atoms with van der Waals surface area (Å²) in [5, 5.41) is 26.7. The van der Waals surface area contributed by atoms with Gasteiger partial charge in [0.15, 0.2) is 13.8 Å². The van der Waals surface area contributed by atoms with Crippen LogP contribution in [0.4, 0.5) is 5.69 Å². The van der Waals surface area contributed by atoms with E-state index in [4.69, 9.17) is 6.57 Å². The second-order valence-electron chi connectivity index (χ2n) is 12.3. The molecule has 50 heavy (non-hydrogen) atoms. The Balaban J connectivity index is 1.44. The van der Waals surface area contributed by atoms with Crippen LogP contribution in [0.3, 0.4) is 0 Å². The highest BCUT2D eigenvalue weighted by atomic mass is 28.3. The van der Waals surface area contributed by atoms with Crippen LogP contribution in [0.15, 0.2) is 170 Å². The Bertz CT molecular complexity index is 2510. The molecule has 0 aliphatic carbocycles. The highest BCUT2D eigenvalue weighted by Crippen LogP contribution is 2.36. The maximum absolute atomic E-state index is 10.3. The predicted octanol–water partition coefficient (Wildman–Crippen LogP) is 8.12. The lowest BCUT2D eigenvalue weighted by Gasteiger charge is -2.36. The summed E-state index contributed by atoms with van der Waals surface area (Å²) < 4.78 is 2.21. The normalized spacial score (nSPS) is 11.1. The van der Waals surface area contributed by atoms with Gasteiger partial charge < -0.3 is 4.57 Å².